The lowest BCUT2D eigenvalue weighted by molar-refractivity contribution is 1.11. The van der Waals surface area contributed by atoms with Crippen molar-refractivity contribution in [2.45, 2.75) is 20.3 Å². The lowest BCUT2D eigenvalue weighted by atomic mass is 10.1. The van der Waals surface area contributed by atoms with E-state index >= 15 is 0 Å². The van der Waals surface area contributed by atoms with Gasteiger partial charge in [0.15, 0.2) is 0 Å². The molecule has 18 heavy (non-hydrogen) atoms. The van der Waals surface area contributed by atoms with Crippen LogP contribution in [0.4, 0.5) is 17.3 Å². The molecule has 2 aromatic rings. The Balaban J connectivity index is 2.09. The van der Waals surface area contributed by atoms with Crippen LogP contribution in [0.5, 0.6) is 0 Å². The minimum atomic E-state index is 0.796. The second-order valence-corrected chi connectivity index (χ2v) is 3.99. The molecule has 0 aliphatic carbocycles. The molecule has 4 heteroatoms. The van der Waals surface area contributed by atoms with Crippen LogP contribution in [-0.2, 0) is 6.42 Å². The van der Waals surface area contributed by atoms with Crippen LogP contribution in [0.25, 0.3) is 0 Å². The third-order valence-corrected chi connectivity index (χ3v) is 2.66. The first-order valence-electron chi connectivity index (χ1n) is 6.23. The van der Waals surface area contributed by atoms with Crippen LogP contribution < -0.4 is 10.6 Å². The third kappa shape index (κ3) is 3.20. The van der Waals surface area contributed by atoms with Crippen molar-refractivity contribution < 1.29 is 0 Å². The van der Waals surface area contributed by atoms with Gasteiger partial charge in [-0.15, -0.1) is 0 Å². The number of nitrogens with zero attached hydrogens (tertiary/aromatic N) is 2. The number of benzene rings is 1. The lowest BCUT2D eigenvalue weighted by Crippen LogP contribution is -2.01. The standard InChI is InChI=1S/C14H18N4/c1-3-11-5-7-12(8-6-11)18-14-9-13(15-4-2)16-10-17-14/h5-10H,3-4H2,1-2H3,(H2,15,16,17,18). The fraction of sp³-hybridized carbons (Fsp3) is 0.286. The summed E-state index contributed by atoms with van der Waals surface area (Å²) in [5.41, 5.74) is 2.37. The second kappa shape index (κ2) is 6.00. The minimum Gasteiger partial charge on any atom is -0.370 e. The van der Waals surface area contributed by atoms with E-state index in [0.29, 0.717) is 0 Å². The predicted molar refractivity (Wildman–Crippen MR) is 75.3 cm³/mol. The second-order valence-electron chi connectivity index (χ2n) is 3.99. The largest absolute Gasteiger partial charge is 0.370 e. The quantitative estimate of drug-likeness (QED) is 0.845. The number of aryl methyl sites for hydroxylation is 1. The average molecular weight is 242 g/mol. The number of hydrogen-bond acceptors (Lipinski definition) is 4. The molecule has 0 amide bonds. The fourth-order valence-corrected chi connectivity index (χ4v) is 1.68. The van der Waals surface area contributed by atoms with E-state index < -0.39 is 0 Å². The first kappa shape index (κ1) is 12.4. The van der Waals surface area contributed by atoms with Crippen LogP contribution >= 0.6 is 0 Å². The van der Waals surface area contributed by atoms with Gasteiger partial charge in [-0.25, -0.2) is 9.97 Å². The first-order chi connectivity index (χ1) is 8.81. The summed E-state index contributed by atoms with van der Waals surface area (Å²) in [5, 5.41) is 6.42. The normalized spacial score (nSPS) is 10.1. The number of nitrogens with one attached hydrogen (secondary N) is 2. The molecule has 0 aliphatic heterocycles. The smallest absolute Gasteiger partial charge is 0.135 e. The zero-order chi connectivity index (χ0) is 12.8. The molecule has 2 rings (SSSR count). The van der Waals surface area contributed by atoms with Gasteiger partial charge in [0.05, 0.1) is 0 Å². The Labute approximate surface area is 107 Å². The summed E-state index contributed by atoms with van der Waals surface area (Å²) in [6, 6.07) is 10.3. The van der Waals surface area contributed by atoms with Crippen molar-refractivity contribution in [3.8, 4) is 0 Å². The summed E-state index contributed by atoms with van der Waals surface area (Å²) in [6.45, 7) is 5.04. The van der Waals surface area contributed by atoms with Gasteiger partial charge in [0.2, 0.25) is 0 Å². The molecule has 1 heterocycles. The van der Waals surface area contributed by atoms with Crippen LogP contribution in [0.3, 0.4) is 0 Å². The third-order valence-electron chi connectivity index (χ3n) is 2.66. The van der Waals surface area contributed by atoms with Crippen molar-refractivity contribution in [1.82, 2.24) is 9.97 Å². The minimum absolute atomic E-state index is 0.796. The Morgan fingerprint density at radius 3 is 2.39 bits per heavy atom. The van der Waals surface area contributed by atoms with Gasteiger partial charge in [-0.3, -0.25) is 0 Å². The molecule has 0 bridgehead atoms. The average Bonchev–Trinajstić information content (AvgIpc) is 2.40. The molecular formula is C14H18N4. The van der Waals surface area contributed by atoms with Gasteiger partial charge in [0.25, 0.3) is 0 Å². The molecule has 1 aromatic carbocycles. The number of anilines is 3. The molecule has 0 saturated carbocycles. The van der Waals surface area contributed by atoms with Crippen molar-refractivity contribution in [3.63, 3.8) is 0 Å². The molecule has 2 N–H and O–H groups in total. The van der Waals surface area contributed by atoms with Crippen molar-refractivity contribution in [2.24, 2.45) is 0 Å². The topological polar surface area (TPSA) is 49.8 Å². The van der Waals surface area contributed by atoms with Gasteiger partial charge >= 0.3 is 0 Å². The van der Waals surface area contributed by atoms with Crippen LogP contribution in [-0.4, -0.2) is 16.5 Å². The fourth-order valence-electron chi connectivity index (χ4n) is 1.68. The maximum Gasteiger partial charge on any atom is 0.135 e. The highest BCUT2D eigenvalue weighted by Gasteiger charge is 1.98. The summed E-state index contributed by atoms with van der Waals surface area (Å²) in [4.78, 5) is 8.33. The van der Waals surface area contributed by atoms with Gasteiger partial charge in [-0.05, 0) is 31.0 Å². The number of rotatable bonds is 5. The zero-order valence-corrected chi connectivity index (χ0v) is 10.8. The van der Waals surface area contributed by atoms with E-state index in [1.54, 1.807) is 6.33 Å². The summed E-state index contributed by atoms with van der Waals surface area (Å²) in [5.74, 6) is 1.63. The summed E-state index contributed by atoms with van der Waals surface area (Å²) >= 11 is 0. The summed E-state index contributed by atoms with van der Waals surface area (Å²) in [6.07, 6.45) is 2.61. The molecule has 94 valence electrons. The molecule has 0 radical (unpaired) electrons. The maximum absolute atomic E-state index is 4.20. The zero-order valence-electron chi connectivity index (χ0n) is 10.8. The van der Waals surface area contributed by atoms with Gasteiger partial charge in [0.1, 0.15) is 18.0 Å². The molecule has 0 fully saturated rings. The van der Waals surface area contributed by atoms with Gasteiger partial charge in [-0.2, -0.15) is 0 Å². The molecule has 0 aliphatic rings. The van der Waals surface area contributed by atoms with Gasteiger partial charge < -0.3 is 10.6 Å². The summed E-state index contributed by atoms with van der Waals surface area (Å²) in [7, 11) is 0. The molecule has 0 spiro atoms. The van der Waals surface area contributed by atoms with Crippen molar-refractivity contribution in [1.29, 1.82) is 0 Å². The SMILES string of the molecule is CCNc1cc(Nc2ccc(CC)cc2)ncn1. The van der Waals surface area contributed by atoms with Crippen molar-refractivity contribution >= 4 is 17.3 Å². The van der Waals surface area contributed by atoms with Crippen LogP contribution in [0.2, 0.25) is 0 Å². The molecule has 4 nitrogen and oxygen atoms in total. The Kier molecular flexibility index (Phi) is 4.12. The molecule has 0 unspecified atom stereocenters. The van der Waals surface area contributed by atoms with Crippen molar-refractivity contribution in [3.05, 3.63) is 42.2 Å². The Hall–Kier alpha value is -2.10. The van der Waals surface area contributed by atoms with Gasteiger partial charge in [0, 0.05) is 18.3 Å². The monoisotopic (exact) mass is 242 g/mol. The van der Waals surface area contributed by atoms with Crippen molar-refractivity contribution in [2.75, 3.05) is 17.2 Å². The van der Waals surface area contributed by atoms with E-state index in [2.05, 4.69) is 51.8 Å². The highest BCUT2D eigenvalue weighted by atomic mass is 15.1. The van der Waals surface area contributed by atoms with E-state index in [1.807, 2.05) is 13.0 Å². The van der Waals surface area contributed by atoms with Crippen LogP contribution in [0.15, 0.2) is 36.7 Å². The van der Waals surface area contributed by atoms with E-state index in [-0.39, 0.29) is 0 Å². The number of hydrogen-bond donors (Lipinski definition) is 2. The first-order valence-corrected chi connectivity index (χ1v) is 6.23. The van der Waals surface area contributed by atoms with E-state index in [1.165, 1.54) is 5.56 Å². The molecular weight excluding hydrogens is 224 g/mol. The Bertz CT molecular complexity index is 493. The Morgan fingerprint density at radius 1 is 1.00 bits per heavy atom. The summed E-state index contributed by atoms with van der Waals surface area (Å²) < 4.78 is 0. The van der Waals surface area contributed by atoms with E-state index in [4.69, 9.17) is 0 Å². The molecule has 0 atom stereocenters. The lowest BCUT2D eigenvalue weighted by Gasteiger charge is -2.08. The van der Waals surface area contributed by atoms with Gasteiger partial charge in [-0.1, -0.05) is 19.1 Å². The van der Waals surface area contributed by atoms with Crippen LogP contribution in [0.1, 0.15) is 19.4 Å². The Morgan fingerprint density at radius 2 is 1.72 bits per heavy atom. The highest BCUT2D eigenvalue weighted by Crippen LogP contribution is 2.16. The maximum atomic E-state index is 4.20. The van der Waals surface area contributed by atoms with Crippen LogP contribution in [0, 0.1) is 0 Å². The predicted octanol–water partition coefficient (Wildman–Crippen LogP) is 3.21. The number of aromatic nitrogens is 2. The molecule has 1 aromatic heterocycles. The van der Waals surface area contributed by atoms with E-state index in [9.17, 15) is 0 Å². The molecule has 0 saturated heterocycles. The van der Waals surface area contributed by atoms with E-state index in [0.717, 1.165) is 30.3 Å². The highest BCUT2D eigenvalue weighted by molar-refractivity contribution is 5.59.